The van der Waals surface area contributed by atoms with Gasteiger partial charge in [-0.3, -0.25) is 4.79 Å². The molecule has 0 amide bonds. The van der Waals surface area contributed by atoms with E-state index >= 15 is 0 Å². The van der Waals surface area contributed by atoms with Crippen LogP contribution in [0.15, 0.2) is 35.8 Å². The SMILES string of the molecule is O=c1[nH]cnc2c(-n3cc(CCN4CCCC4)cn3)nccc12. The van der Waals surface area contributed by atoms with Gasteiger partial charge in [-0.05, 0) is 44.0 Å². The molecule has 1 saturated heterocycles. The number of fused-ring (bicyclic) bond motifs is 1. The van der Waals surface area contributed by atoms with Crippen molar-refractivity contribution in [2.24, 2.45) is 0 Å². The normalized spacial score (nSPS) is 15.5. The minimum Gasteiger partial charge on any atom is -0.313 e. The standard InChI is InChI=1S/C16H18N6O/c23-16-13-3-5-17-15(14(13)18-11-19-16)22-10-12(9-20-22)4-8-21-6-1-2-7-21/h3,5,9-11H,1-2,4,6-8H2,(H,18,19,23). The van der Waals surface area contributed by atoms with Crippen molar-refractivity contribution in [1.29, 1.82) is 0 Å². The number of pyridine rings is 1. The van der Waals surface area contributed by atoms with E-state index < -0.39 is 0 Å². The molecule has 1 aliphatic heterocycles. The third-order valence-electron chi connectivity index (χ3n) is 4.31. The predicted molar refractivity (Wildman–Crippen MR) is 86.7 cm³/mol. The third kappa shape index (κ3) is 2.75. The van der Waals surface area contributed by atoms with Gasteiger partial charge in [0.15, 0.2) is 5.82 Å². The number of aromatic nitrogens is 5. The molecule has 0 radical (unpaired) electrons. The Kier molecular flexibility index (Phi) is 3.63. The van der Waals surface area contributed by atoms with Crippen LogP contribution in [0.25, 0.3) is 16.7 Å². The van der Waals surface area contributed by atoms with Gasteiger partial charge in [0, 0.05) is 18.9 Å². The molecule has 1 fully saturated rings. The van der Waals surface area contributed by atoms with E-state index in [-0.39, 0.29) is 5.56 Å². The average molecular weight is 310 g/mol. The van der Waals surface area contributed by atoms with Crippen molar-refractivity contribution < 1.29 is 0 Å². The number of nitrogens with one attached hydrogen (secondary N) is 1. The summed E-state index contributed by atoms with van der Waals surface area (Å²) < 4.78 is 1.70. The summed E-state index contributed by atoms with van der Waals surface area (Å²) in [5.74, 6) is 0.584. The van der Waals surface area contributed by atoms with Crippen LogP contribution >= 0.6 is 0 Å². The first-order valence-corrected chi connectivity index (χ1v) is 7.90. The van der Waals surface area contributed by atoms with E-state index in [0.717, 1.165) is 13.0 Å². The smallest absolute Gasteiger partial charge is 0.258 e. The maximum Gasteiger partial charge on any atom is 0.258 e. The highest BCUT2D eigenvalue weighted by Crippen LogP contribution is 2.15. The lowest BCUT2D eigenvalue weighted by Gasteiger charge is -2.12. The fourth-order valence-electron chi connectivity index (χ4n) is 3.05. The predicted octanol–water partition coefficient (Wildman–Crippen LogP) is 1.14. The molecule has 0 unspecified atom stereocenters. The number of hydrogen-bond acceptors (Lipinski definition) is 5. The van der Waals surface area contributed by atoms with Gasteiger partial charge in [0.2, 0.25) is 0 Å². The summed E-state index contributed by atoms with van der Waals surface area (Å²) in [6.45, 7) is 3.46. The first-order chi connectivity index (χ1) is 11.3. The number of H-pyrrole nitrogens is 1. The van der Waals surface area contributed by atoms with Crippen LogP contribution in [0, 0.1) is 0 Å². The van der Waals surface area contributed by atoms with Gasteiger partial charge in [0.1, 0.15) is 5.52 Å². The molecule has 7 heteroatoms. The molecule has 0 saturated carbocycles. The van der Waals surface area contributed by atoms with E-state index in [0.29, 0.717) is 16.7 Å². The van der Waals surface area contributed by atoms with Crippen LogP contribution in [0.4, 0.5) is 0 Å². The van der Waals surface area contributed by atoms with Gasteiger partial charge in [-0.25, -0.2) is 14.6 Å². The molecule has 0 spiro atoms. The minimum absolute atomic E-state index is 0.167. The molecule has 4 heterocycles. The maximum atomic E-state index is 11.9. The molecule has 3 aromatic heterocycles. The van der Waals surface area contributed by atoms with Crippen molar-refractivity contribution in [2.45, 2.75) is 19.3 Å². The van der Waals surface area contributed by atoms with Gasteiger partial charge < -0.3 is 9.88 Å². The number of aromatic amines is 1. The summed E-state index contributed by atoms with van der Waals surface area (Å²) >= 11 is 0. The van der Waals surface area contributed by atoms with Crippen LogP contribution in [-0.2, 0) is 6.42 Å². The largest absolute Gasteiger partial charge is 0.313 e. The van der Waals surface area contributed by atoms with Gasteiger partial charge >= 0.3 is 0 Å². The van der Waals surface area contributed by atoms with Crippen LogP contribution < -0.4 is 5.56 Å². The first kappa shape index (κ1) is 14.1. The topological polar surface area (TPSA) is 79.7 Å². The zero-order valence-corrected chi connectivity index (χ0v) is 12.8. The quantitative estimate of drug-likeness (QED) is 0.782. The van der Waals surface area contributed by atoms with Crippen molar-refractivity contribution in [2.75, 3.05) is 19.6 Å². The molecule has 0 atom stereocenters. The van der Waals surface area contributed by atoms with E-state index in [2.05, 4.69) is 25.0 Å². The lowest BCUT2D eigenvalue weighted by molar-refractivity contribution is 0.343. The average Bonchev–Trinajstić information content (AvgIpc) is 3.25. The zero-order chi connectivity index (χ0) is 15.6. The monoisotopic (exact) mass is 310 g/mol. The summed E-state index contributed by atoms with van der Waals surface area (Å²) in [6, 6.07) is 1.67. The lowest BCUT2D eigenvalue weighted by atomic mass is 10.2. The molecule has 118 valence electrons. The van der Waals surface area contributed by atoms with Gasteiger partial charge in [-0.2, -0.15) is 5.10 Å². The van der Waals surface area contributed by atoms with E-state index in [4.69, 9.17) is 0 Å². The summed E-state index contributed by atoms with van der Waals surface area (Å²) in [4.78, 5) is 25.5. The Hall–Kier alpha value is -2.54. The lowest BCUT2D eigenvalue weighted by Crippen LogP contribution is -2.21. The van der Waals surface area contributed by atoms with E-state index in [1.165, 1.54) is 37.8 Å². The van der Waals surface area contributed by atoms with Crippen LogP contribution in [-0.4, -0.2) is 49.3 Å². The highest BCUT2D eigenvalue weighted by Gasteiger charge is 2.13. The molecule has 1 N–H and O–H groups in total. The van der Waals surface area contributed by atoms with Crippen LogP contribution in [0.2, 0.25) is 0 Å². The molecule has 7 nitrogen and oxygen atoms in total. The molecule has 3 aromatic rings. The Morgan fingerprint density at radius 2 is 2.09 bits per heavy atom. The summed E-state index contributed by atoms with van der Waals surface area (Å²) in [6.07, 6.45) is 10.4. The molecule has 4 rings (SSSR count). The van der Waals surface area contributed by atoms with Crippen LogP contribution in [0.5, 0.6) is 0 Å². The number of likely N-dealkylation sites (tertiary alicyclic amines) is 1. The molecule has 23 heavy (non-hydrogen) atoms. The van der Waals surface area contributed by atoms with Crippen molar-refractivity contribution in [3.8, 4) is 5.82 Å². The van der Waals surface area contributed by atoms with E-state index in [9.17, 15) is 4.79 Å². The minimum atomic E-state index is -0.167. The molecular formula is C16H18N6O. The maximum absolute atomic E-state index is 11.9. The fraction of sp³-hybridized carbons (Fsp3) is 0.375. The number of rotatable bonds is 4. The van der Waals surface area contributed by atoms with E-state index in [1.807, 2.05) is 12.4 Å². The summed E-state index contributed by atoms with van der Waals surface area (Å²) in [7, 11) is 0. The fourth-order valence-corrected chi connectivity index (χ4v) is 3.05. The highest BCUT2D eigenvalue weighted by molar-refractivity contribution is 5.83. The van der Waals surface area contributed by atoms with Crippen LogP contribution in [0.1, 0.15) is 18.4 Å². The number of nitrogens with zero attached hydrogens (tertiary/aromatic N) is 5. The van der Waals surface area contributed by atoms with Crippen LogP contribution in [0.3, 0.4) is 0 Å². The Labute approximate surface area is 133 Å². The second kappa shape index (κ2) is 5.92. The third-order valence-corrected chi connectivity index (χ3v) is 4.31. The molecule has 1 aliphatic rings. The van der Waals surface area contributed by atoms with Crippen molar-refractivity contribution >= 4 is 10.9 Å². The first-order valence-electron chi connectivity index (χ1n) is 7.90. The molecule has 0 bridgehead atoms. The van der Waals surface area contributed by atoms with Gasteiger partial charge in [-0.15, -0.1) is 0 Å². The Morgan fingerprint density at radius 3 is 2.96 bits per heavy atom. The summed E-state index contributed by atoms with van der Waals surface area (Å²) in [5.41, 5.74) is 1.56. The van der Waals surface area contributed by atoms with E-state index in [1.54, 1.807) is 16.9 Å². The van der Waals surface area contributed by atoms with Gasteiger partial charge in [0.25, 0.3) is 5.56 Å². The second-order valence-corrected chi connectivity index (χ2v) is 5.85. The van der Waals surface area contributed by atoms with Crippen molar-refractivity contribution in [1.82, 2.24) is 29.6 Å². The number of hydrogen-bond donors (Lipinski definition) is 1. The zero-order valence-electron chi connectivity index (χ0n) is 12.8. The molecule has 0 aromatic carbocycles. The van der Waals surface area contributed by atoms with Crippen molar-refractivity contribution in [3.63, 3.8) is 0 Å². The second-order valence-electron chi connectivity index (χ2n) is 5.85. The molecular weight excluding hydrogens is 292 g/mol. The highest BCUT2D eigenvalue weighted by atomic mass is 16.1. The molecule has 0 aliphatic carbocycles. The van der Waals surface area contributed by atoms with Gasteiger partial charge in [-0.1, -0.05) is 0 Å². The van der Waals surface area contributed by atoms with Crippen molar-refractivity contribution in [3.05, 3.63) is 46.9 Å². The Balaban J connectivity index is 1.61. The Morgan fingerprint density at radius 1 is 1.22 bits per heavy atom. The van der Waals surface area contributed by atoms with Gasteiger partial charge in [0.05, 0.1) is 17.9 Å². The Bertz CT molecular complexity index is 877. The summed E-state index contributed by atoms with van der Waals surface area (Å²) in [5, 5.41) is 4.91.